The van der Waals surface area contributed by atoms with E-state index in [0.717, 1.165) is 24.0 Å². The van der Waals surface area contributed by atoms with Crippen LogP contribution in [0.25, 0.3) is 0 Å². The van der Waals surface area contributed by atoms with Gasteiger partial charge in [-0.3, -0.25) is 4.79 Å². The van der Waals surface area contributed by atoms with Crippen molar-refractivity contribution in [3.05, 3.63) is 28.2 Å². The molecule has 0 aromatic heterocycles. The first kappa shape index (κ1) is 14.4. The molecular formula is C15H21BrN2O. The minimum atomic E-state index is 0.0831. The van der Waals surface area contributed by atoms with Crippen molar-refractivity contribution in [1.82, 2.24) is 4.90 Å². The molecule has 3 nitrogen and oxygen atoms in total. The molecule has 0 saturated carbocycles. The zero-order chi connectivity index (χ0) is 14.2. The van der Waals surface area contributed by atoms with Crippen molar-refractivity contribution in [3.63, 3.8) is 0 Å². The lowest BCUT2D eigenvalue weighted by molar-refractivity contribution is 0.0776. The van der Waals surface area contributed by atoms with Crippen molar-refractivity contribution in [3.8, 4) is 0 Å². The summed E-state index contributed by atoms with van der Waals surface area (Å²) in [5.41, 5.74) is 7.33. The molecule has 1 saturated heterocycles. The van der Waals surface area contributed by atoms with Gasteiger partial charge in [-0.15, -0.1) is 0 Å². The third-order valence-corrected chi connectivity index (χ3v) is 4.33. The van der Waals surface area contributed by atoms with Gasteiger partial charge in [-0.05, 0) is 36.0 Å². The maximum absolute atomic E-state index is 12.5. The van der Waals surface area contributed by atoms with E-state index in [9.17, 15) is 4.79 Å². The van der Waals surface area contributed by atoms with Crippen molar-refractivity contribution >= 4 is 27.5 Å². The van der Waals surface area contributed by atoms with Crippen LogP contribution >= 0.6 is 15.9 Å². The predicted molar refractivity (Wildman–Crippen MR) is 82.0 cm³/mol. The Hall–Kier alpha value is -1.03. The van der Waals surface area contributed by atoms with Crippen LogP contribution in [-0.2, 0) is 0 Å². The Labute approximate surface area is 123 Å². The second kappa shape index (κ2) is 5.16. The molecule has 0 spiro atoms. The number of rotatable bonds is 1. The molecule has 0 radical (unpaired) electrons. The number of halogens is 1. The Bertz CT molecular complexity index is 473. The first-order valence-electron chi connectivity index (χ1n) is 6.63. The summed E-state index contributed by atoms with van der Waals surface area (Å²) in [7, 11) is 0. The molecule has 1 amide bonds. The summed E-state index contributed by atoms with van der Waals surface area (Å²) in [6.45, 7) is 8.40. The third-order valence-electron chi connectivity index (χ3n) is 3.87. The normalized spacial score (nSPS) is 19.8. The number of nitrogens with two attached hydrogens (primary N) is 1. The number of amides is 1. The molecular weight excluding hydrogens is 304 g/mol. The number of benzene rings is 1. The maximum Gasteiger partial charge on any atom is 0.253 e. The molecule has 1 aliphatic rings. The van der Waals surface area contributed by atoms with Crippen LogP contribution in [0.4, 0.5) is 5.69 Å². The lowest BCUT2D eigenvalue weighted by atomic mass is 9.80. The molecule has 0 aliphatic carbocycles. The van der Waals surface area contributed by atoms with E-state index in [1.807, 2.05) is 11.0 Å². The zero-order valence-corrected chi connectivity index (χ0v) is 13.3. The summed E-state index contributed by atoms with van der Waals surface area (Å²) in [6.07, 6.45) is 1.08. The predicted octanol–water partition coefficient (Wildman–Crippen LogP) is 3.54. The molecule has 2 N–H and O–H groups in total. The van der Waals surface area contributed by atoms with Gasteiger partial charge in [0.1, 0.15) is 0 Å². The van der Waals surface area contributed by atoms with Gasteiger partial charge >= 0.3 is 0 Å². The Kier molecular flexibility index (Phi) is 3.90. The van der Waals surface area contributed by atoms with Gasteiger partial charge in [0.25, 0.3) is 5.91 Å². The Morgan fingerprint density at radius 3 is 2.58 bits per heavy atom. The van der Waals surface area contributed by atoms with Gasteiger partial charge < -0.3 is 10.6 Å². The second-order valence-electron chi connectivity index (χ2n) is 6.38. The Balaban J connectivity index is 2.13. The highest BCUT2D eigenvalue weighted by Gasteiger charge is 2.34. The molecule has 1 aliphatic heterocycles. The number of anilines is 1. The number of likely N-dealkylation sites (tertiary alicyclic amines) is 1. The molecule has 4 heteroatoms. The van der Waals surface area contributed by atoms with E-state index < -0.39 is 0 Å². The number of hydrogen-bond acceptors (Lipinski definition) is 2. The van der Waals surface area contributed by atoms with Gasteiger partial charge in [-0.2, -0.15) is 0 Å². The topological polar surface area (TPSA) is 46.3 Å². The van der Waals surface area contributed by atoms with Crippen LogP contribution in [0, 0.1) is 11.3 Å². The highest BCUT2D eigenvalue weighted by molar-refractivity contribution is 9.10. The van der Waals surface area contributed by atoms with Gasteiger partial charge in [-0.1, -0.05) is 36.7 Å². The van der Waals surface area contributed by atoms with Crippen molar-refractivity contribution in [1.29, 1.82) is 0 Å². The molecule has 1 unspecified atom stereocenters. The molecule has 104 valence electrons. The highest BCUT2D eigenvalue weighted by atomic mass is 79.9. The average Bonchev–Trinajstić information content (AvgIpc) is 2.75. The van der Waals surface area contributed by atoms with E-state index in [0.29, 0.717) is 17.2 Å². The highest BCUT2D eigenvalue weighted by Crippen LogP contribution is 2.34. The van der Waals surface area contributed by atoms with Crippen molar-refractivity contribution in [2.45, 2.75) is 27.2 Å². The number of nitrogens with zero attached hydrogens (tertiary/aromatic N) is 1. The fraction of sp³-hybridized carbons (Fsp3) is 0.533. The van der Waals surface area contributed by atoms with Gasteiger partial charge in [0, 0.05) is 28.8 Å². The molecule has 1 atom stereocenters. The summed E-state index contributed by atoms with van der Waals surface area (Å²) in [5, 5.41) is 0. The molecule has 1 heterocycles. The largest absolute Gasteiger partial charge is 0.399 e. The smallest absolute Gasteiger partial charge is 0.253 e. The lowest BCUT2D eigenvalue weighted by Crippen LogP contribution is -2.31. The van der Waals surface area contributed by atoms with Gasteiger partial charge in [-0.25, -0.2) is 0 Å². The van der Waals surface area contributed by atoms with E-state index in [4.69, 9.17) is 5.73 Å². The number of nitrogen functional groups attached to an aromatic ring is 1. The van der Waals surface area contributed by atoms with Crippen LogP contribution in [0.3, 0.4) is 0 Å². The van der Waals surface area contributed by atoms with E-state index in [2.05, 4.69) is 36.7 Å². The van der Waals surface area contributed by atoms with Gasteiger partial charge in [0.15, 0.2) is 0 Å². The molecule has 1 aromatic carbocycles. The van der Waals surface area contributed by atoms with E-state index >= 15 is 0 Å². The van der Waals surface area contributed by atoms with Crippen LogP contribution in [0.2, 0.25) is 0 Å². The minimum Gasteiger partial charge on any atom is -0.399 e. The summed E-state index contributed by atoms with van der Waals surface area (Å²) in [5.74, 6) is 0.653. The average molecular weight is 325 g/mol. The lowest BCUT2D eigenvalue weighted by Gasteiger charge is -2.27. The van der Waals surface area contributed by atoms with E-state index in [-0.39, 0.29) is 11.3 Å². The second-order valence-corrected chi connectivity index (χ2v) is 7.29. The van der Waals surface area contributed by atoms with Crippen LogP contribution < -0.4 is 5.73 Å². The van der Waals surface area contributed by atoms with Crippen molar-refractivity contribution < 1.29 is 4.79 Å². The van der Waals surface area contributed by atoms with Crippen molar-refractivity contribution in [2.24, 2.45) is 11.3 Å². The Morgan fingerprint density at radius 1 is 1.37 bits per heavy atom. The minimum absolute atomic E-state index is 0.0831. The monoisotopic (exact) mass is 324 g/mol. The molecule has 0 bridgehead atoms. The zero-order valence-electron chi connectivity index (χ0n) is 11.7. The summed E-state index contributed by atoms with van der Waals surface area (Å²) in [4.78, 5) is 14.4. The van der Waals surface area contributed by atoms with Crippen LogP contribution in [0.5, 0.6) is 0 Å². The summed E-state index contributed by atoms with van der Waals surface area (Å²) < 4.78 is 0.849. The fourth-order valence-electron chi connectivity index (χ4n) is 2.57. The van der Waals surface area contributed by atoms with Gasteiger partial charge in [0.05, 0.1) is 0 Å². The van der Waals surface area contributed by atoms with Crippen LogP contribution in [0.1, 0.15) is 37.6 Å². The fourth-order valence-corrected chi connectivity index (χ4v) is 3.08. The quantitative estimate of drug-likeness (QED) is 0.803. The molecule has 1 aromatic rings. The number of hydrogen-bond donors (Lipinski definition) is 1. The van der Waals surface area contributed by atoms with E-state index in [1.165, 1.54) is 0 Å². The standard InChI is InChI=1S/C15H21BrN2O/c1-15(2,3)11-4-5-18(9-11)14(19)10-6-12(16)8-13(17)7-10/h6-8,11H,4-5,9,17H2,1-3H3. The first-order chi connectivity index (χ1) is 8.77. The maximum atomic E-state index is 12.5. The Morgan fingerprint density at radius 2 is 2.05 bits per heavy atom. The molecule has 19 heavy (non-hydrogen) atoms. The summed E-state index contributed by atoms with van der Waals surface area (Å²) in [6, 6.07) is 5.39. The molecule has 2 rings (SSSR count). The van der Waals surface area contributed by atoms with Crippen LogP contribution in [-0.4, -0.2) is 23.9 Å². The first-order valence-corrected chi connectivity index (χ1v) is 7.42. The number of carbonyl (C=O) groups excluding carboxylic acids is 1. The van der Waals surface area contributed by atoms with Gasteiger partial charge in [0.2, 0.25) is 0 Å². The summed E-state index contributed by atoms with van der Waals surface area (Å²) >= 11 is 3.38. The number of carbonyl (C=O) groups is 1. The van der Waals surface area contributed by atoms with Crippen molar-refractivity contribution in [2.75, 3.05) is 18.8 Å². The molecule has 1 fully saturated rings. The SMILES string of the molecule is CC(C)(C)C1CCN(C(=O)c2cc(N)cc(Br)c2)C1. The van der Waals surface area contributed by atoms with E-state index in [1.54, 1.807) is 12.1 Å². The van der Waals surface area contributed by atoms with Crippen LogP contribution in [0.15, 0.2) is 22.7 Å². The third kappa shape index (κ3) is 3.30.